The van der Waals surface area contributed by atoms with E-state index in [4.69, 9.17) is 0 Å². The topological polar surface area (TPSA) is 0 Å². The van der Waals surface area contributed by atoms with Crippen molar-refractivity contribution in [3.05, 3.63) is 25.8 Å². The SMILES string of the molecule is C=C.C=CC1CC1.CC(C)(C)C1CC1. The van der Waals surface area contributed by atoms with Crippen molar-refractivity contribution in [1.82, 2.24) is 0 Å². The summed E-state index contributed by atoms with van der Waals surface area (Å²) in [5, 5.41) is 0. The molecule has 0 nitrogen and oxygen atoms in total. The molecule has 2 fully saturated rings. The van der Waals surface area contributed by atoms with Gasteiger partial charge in [0.15, 0.2) is 0 Å². The highest BCUT2D eigenvalue weighted by molar-refractivity contribution is 4.88. The molecule has 2 aliphatic rings. The van der Waals surface area contributed by atoms with Gasteiger partial charge in [-0.25, -0.2) is 0 Å². The van der Waals surface area contributed by atoms with E-state index in [1.54, 1.807) is 0 Å². The molecule has 2 saturated carbocycles. The summed E-state index contributed by atoms with van der Waals surface area (Å²) in [6.45, 7) is 16.6. The standard InChI is InChI=1S/C7H14.C5H8.C2H4/c1-7(2,3)6-4-5-6;1-2-5-3-4-5;1-2/h6H,4-5H2,1-3H3;2,5H,1,3-4H2;1-2H2. The van der Waals surface area contributed by atoms with Gasteiger partial charge in [-0.2, -0.15) is 0 Å². The quantitative estimate of drug-likeness (QED) is 0.525. The van der Waals surface area contributed by atoms with Gasteiger partial charge in [-0.1, -0.05) is 26.8 Å². The van der Waals surface area contributed by atoms with Gasteiger partial charge >= 0.3 is 0 Å². The maximum Gasteiger partial charge on any atom is -0.0236 e. The second kappa shape index (κ2) is 6.06. The maximum absolute atomic E-state index is 3.62. The normalized spacial score (nSPS) is 19.6. The van der Waals surface area contributed by atoms with Crippen LogP contribution in [0.25, 0.3) is 0 Å². The summed E-state index contributed by atoms with van der Waals surface area (Å²) < 4.78 is 0. The fourth-order valence-corrected chi connectivity index (χ4v) is 1.28. The summed E-state index contributed by atoms with van der Waals surface area (Å²) >= 11 is 0. The first-order chi connectivity index (χ1) is 6.54. The van der Waals surface area contributed by atoms with Crippen LogP contribution in [0.1, 0.15) is 46.5 Å². The fraction of sp³-hybridized carbons (Fsp3) is 0.714. The van der Waals surface area contributed by atoms with Crippen LogP contribution in [0.15, 0.2) is 25.8 Å². The summed E-state index contributed by atoms with van der Waals surface area (Å²) in [4.78, 5) is 0. The number of rotatable bonds is 1. The molecule has 0 heteroatoms. The van der Waals surface area contributed by atoms with Crippen molar-refractivity contribution in [2.75, 3.05) is 0 Å². The molecule has 0 spiro atoms. The molecule has 82 valence electrons. The summed E-state index contributed by atoms with van der Waals surface area (Å²) in [6, 6.07) is 0. The summed E-state index contributed by atoms with van der Waals surface area (Å²) in [6.07, 6.45) is 7.76. The largest absolute Gasteiger partial charge is 0.106 e. The predicted molar refractivity (Wildman–Crippen MR) is 66.4 cm³/mol. The van der Waals surface area contributed by atoms with Crippen LogP contribution in [-0.2, 0) is 0 Å². The molecule has 2 aliphatic carbocycles. The van der Waals surface area contributed by atoms with Crippen molar-refractivity contribution in [3.63, 3.8) is 0 Å². The van der Waals surface area contributed by atoms with E-state index in [0.29, 0.717) is 5.41 Å². The molecule has 2 rings (SSSR count). The molecule has 0 aromatic carbocycles. The van der Waals surface area contributed by atoms with Crippen LogP contribution in [0.5, 0.6) is 0 Å². The minimum absolute atomic E-state index is 0.611. The van der Waals surface area contributed by atoms with Crippen LogP contribution < -0.4 is 0 Å². The average Bonchev–Trinajstić information content (AvgIpc) is 3.00. The van der Waals surface area contributed by atoms with E-state index in [2.05, 4.69) is 40.5 Å². The molecule has 14 heavy (non-hydrogen) atoms. The summed E-state index contributed by atoms with van der Waals surface area (Å²) in [7, 11) is 0. The van der Waals surface area contributed by atoms with Crippen molar-refractivity contribution >= 4 is 0 Å². The van der Waals surface area contributed by atoms with Crippen molar-refractivity contribution in [1.29, 1.82) is 0 Å². The van der Waals surface area contributed by atoms with Gasteiger partial charge < -0.3 is 0 Å². The first kappa shape index (κ1) is 13.5. The summed E-state index contributed by atoms with van der Waals surface area (Å²) in [5.41, 5.74) is 0.611. The highest BCUT2D eigenvalue weighted by Gasteiger charge is 2.33. The van der Waals surface area contributed by atoms with E-state index in [9.17, 15) is 0 Å². The third kappa shape index (κ3) is 6.94. The second-order valence-electron chi connectivity index (χ2n) is 5.21. The first-order valence-corrected chi connectivity index (χ1v) is 5.66. The average molecular weight is 194 g/mol. The Kier molecular flexibility index (Phi) is 5.83. The van der Waals surface area contributed by atoms with E-state index >= 15 is 0 Å². The fourth-order valence-electron chi connectivity index (χ4n) is 1.28. The molecule has 0 aliphatic heterocycles. The third-order valence-corrected chi connectivity index (χ3v) is 2.76. The van der Waals surface area contributed by atoms with Gasteiger partial charge in [-0.15, -0.1) is 19.7 Å². The monoisotopic (exact) mass is 194 g/mol. The zero-order valence-electron chi connectivity index (χ0n) is 10.2. The Bertz CT molecular complexity index is 153. The molecule has 0 aromatic rings. The van der Waals surface area contributed by atoms with E-state index in [-0.39, 0.29) is 0 Å². The smallest absolute Gasteiger partial charge is 0.0236 e. The zero-order chi connectivity index (χ0) is 11.2. The molecule has 0 radical (unpaired) electrons. The van der Waals surface area contributed by atoms with Crippen molar-refractivity contribution < 1.29 is 0 Å². The van der Waals surface area contributed by atoms with Gasteiger partial charge in [-0.05, 0) is 42.9 Å². The van der Waals surface area contributed by atoms with Gasteiger partial charge in [0.05, 0.1) is 0 Å². The second-order valence-corrected chi connectivity index (χ2v) is 5.21. The third-order valence-electron chi connectivity index (χ3n) is 2.76. The molecule has 0 heterocycles. The van der Waals surface area contributed by atoms with Crippen molar-refractivity contribution in [3.8, 4) is 0 Å². The Morgan fingerprint density at radius 1 is 1.00 bits per heavy atom. The van der Waals surface area contributed by atoms with Gasteiger partial charge in [0.1, 0.15) is 0 Å². The van der Waals surface area contributed by atoms with E-state index in [0.717, 1.165) is 11.8 Å². The lowest BCUT2D eigenvalue weighted by molar-refractivity contribution is 0.351. The molecule has 0 bridgehead atoms. The zero-order valence-corrected chi connectivity index (χ0v) is 10.2. The molecule has 0 atom stereocenters. The van der Waals surface area contributed by atoms with Crippen molar-refractivity contribution in [2.24, 2.45) is 17.3 Å². The van der Waals surface area contributed by atoms with Crippen LogP contribution in [0.3, 0.4) is 0 Å². The predicted octanol–water partition coefficient (Wildman–Crippen LogP) is 4.83. The van der Waals surface area contributed by atoms with E-state index < -0.39 is 0 Å². The lowest BCUT2D eigenvalue weighted by Gasteiger charge is -2.15. The number of hydrogen-bond acceptors (Lipinski definition) is 0. The molecule has 0 unspecified atom stereocenters. The van der Waals surface area contributed by atoms with Crippen molar-refractivity contribution in [2.45, 2.75) is 46.5 Å². The van der Waals surface area contributed by atoms with Gasteiger partial charge in [0.2, 0.25) is 0 Å². The lowest BCUT2D eigenvalue weighted by Crippen LogP contribution is -2.06. The molecule has 0 amide bonds. The highest BCUT2D eigenvalue weighted by atomic mass is 14.4. The minimum atomic E-state index is 0.611. The Morgan fingerprint density at radius 3 is 1.43 bits per heavy atom. The van der Waals surface area contributed by atoms with Crippen LogP contribution in [-0.4, -0.2) is 0 Å². The van der Waals surface area contributed by atoms with Crippen LogP contribution in [0.4, 0.5) is 0 Å². The Morgan fingerprint density at radius 2 is 1.43 bits per heavy atom. The van der Waals surface area contributed by atoms with Gasteiger partial charge in [0.25, 0.3) is 0 Å². The number of hydrogen-bond donors (Lipinski definition) is 0. The van der Waals surface area contributed by atoms with E-state index in [1.807, 2.05) is 6.08 Å². The Hall–Kier alpha value is -0.520. The Labute approximate surface area is 90.1 Å². The molecular weight excluding hydrogens is 168 g/mol. The molecule has 0 aromatic heterocycles. The van der Waals surface area contributed by atoms with Crippen LogP contribution in [0.2, 0.25) is 0 Å². The van der Waals surface area contributed by atoms with E-state index in [1.165, 1.54) is 25.7 Å². The van der Waals surface area contributed by atoms with Gasteiger partial charge in [-0.3, -0.25) is 0 Å². The molecular formula is C14H26. The molecule has 0 N–H and O–H groups in total. The van der Waals surface area contributed by atoms with Crippen LogP contribution in [0, 0.1) is 17.3 Å². The molecule has 0 saturated heterocycles. The number of allylic oxidation sites excluding steroid dienone is 1. The highest BCUT2D eigenvalue weighted by Crippen LogP contribution is 2.44. The first-order valence-electron chi connectivity index (χ1n) is 5.66. The van der Waals surface area contributed by atoms with Crippen LogP contribution >= 0.6 is 0 Å². The lowest BCUT2D eigenvalue weighted by atomic mass is 9.91. The summed E-state index contributed by atoms with van der Waals surface area (Å²) in [5.74, 6) is 1.95. The Balaban J connectivity index is 0.000000213. The van der Waals surface area contributed by atoms with Gasteiger partial charge in [0, 0.05) is 0 Å². The minimum Gasteiger partial charge on any atom is -0.106 e. The maximum atomic E-state index is 3.62.